The second kappa shape index (κ2) is 4.90. The highest BCUT2D eigenvalue weighted by molar-refractivity contribution is 5.81. The van der Waals surface area contributed by atoms with Crippen LogP contribution in [0.5, 0.6) is 0 Å². The van der Waals surface area contributed by atoms with E-state index in [0.29, 0.717) is 0 Å². The van der Waals surface area contributed by atoms with Crippen molar-refractivity contribution in [3.05, 3.63) is 71.5 Å². The van der Waals surface area contributed by atoms with E-state index in [0.717, 1.165) is 5.58 Å². The average molecular weight is 251 g/mol. The maximum atomic E-state index is 5.64. The van der Waals surface area contributed by atoms with Gasteiger partial charge in [0.2, 0.25) is 0 Å². The summed E-state index contributed by atoms with van der Waals surface area (Å²) < 4.78 is 5.64. The number of rotatable bonds is 3. The maximum absolute atomic E-state index is 5.64. The van der Waals surface area contributed by atoms with Crippen LogP contribution in [-0.4, -0.2) is 7.05 Å². The molecule has 0 aliphatic carbocycles. The van der Waals surface area contributed by atoms with Gasteiger partial charge in [0.1, 0.15) is 5.58 Å². The van der Waals surface area contributed by atoms with Crippen LogP contribution in [-0.2, 0) is 0 Å². The van der Waals surface area contributed by atoms with Crippen molar-refractivity contribution in [3.63, 3.8) is 0 Å². The molecule has 1 N–H and O–H groups in total. The number of aryl methyl sites for hydroxylation is 1. The molecule has 2 nitrogen and oxygen atoms in total. The molecule has 0 bridgehead atoms. The lowest BCUT2D eigenvalue weighted by molar-refractivity contribution is 0.597. The number of benzene rings is 2. The Balaban J connectivity index is 2.12. The maximum Gasteiger partial charge on any atom is 0.134 e. The minimum absolute atomic E-state index is 0.156. The van der Waals surface area contributed by atoms with Crippen molar-refractivity contribution >= 4 is 11.0 Å². The van der Waals surface area contributed by atoms with Crippen molar-refractivity contribution in [1.29, 1.82) is 0 Å². The molecule has 0 amide bonds. The molecule has 96 valence electrons. The van der Waals surface area contributed by atoms with Gasteiger partial charge >= 0.3 is 0 Å². The van der Waals surface area contributed by atoms with Crippen LogP contribution >= 0.6 is 0 Å². The van der Waals surface area contributed by atoms with E-state index in [-0.39, 0.29) is 6.04 Å². The van der Waals surface area contributed by atoms with Gasteiger partial charge in [-0.1, -0.05) is 48.0 Å². The molecule has 2 heteroatoms. The first-order chi connectivity index (χ1) is 9.29. The van der Waals surface area contributed by atoms with E-state index < -0.39 is 0 Å². The van der Waals surface area contributed by atoms with E-state index in [2.05, 4.69) is 42.6 Å². The van der Waals surface area contributed by atoms with Gasteiger partial charge in [-0.15, -0.1) is 0 Å². The summed E-state index contributed by atoms with van der Waals surface area (Å²) in [7, 11) is 1.98. The van der Waals surface area contributed by atoms with Crippen LogP contribution in [0.2, 0.25) is 0 Å². The summed E-state index contributed by atoms with van der Waals surface area (Å²) in [6, 6.07) is 16.9. The van der Waals surface area contributed by atoms with Gasteiger partial charge in [0, 0.05) is 10.9 Å². The molecular weight excluding hydrogens is 234 g/mol. The molecule has 2 aromatic carbocycles. The molecule has 1 atom stereocenters. The molecule has 19 heavy (non-hydrogen) atoms. The van der Waals surface area contributed by atoms with Crippen LogP contribution in [0.25, 0.3) is 11.0 Å². The quantitative estimate of drug-likeness (QED) is 0.759. The van der Waals surface area contributed by atoms with Gasteiger partial charge in [0.05, 0.1) is 12.3 Å². The number of hydrogen-bond donors (Lipinski definition) is 1. The van der Waals surface area contributed by atoms with Gasteiger partial charge in [-0.25, -0.2) is 0 Å². The first-order valence-electron chi connectivity index (χ1n) is 6.49. The van der Waals surface area contributed by atoms with Crippen molar-refractivity contribution in [1.82, 2.24) is 5.32 Å². The predicted molar refractivity (Wildman–Crippen MR) is 78.3 cm³/mol. The topological polar surface area (TPSA) is 25.2 Å². The Morgan fingerprint density at radius 1 is 1.05 bits per heavy atom. The van der Waals surface area contributed by atoms with E-state index in [1.807, 2.05) is 31.5 Å². The molecule has 0 saturated heterocycles. The smallest absolute Gasteiger partial charge is 0.134 e. The largest absolute Gasteiger partial charge is 0.464 e. The Morgan fingerprint density at radius 3 is 2.68 bits per heavy atom. The van der Waals surface area contributed by atoms with E-state index in [9.17, 15) is 0 Å². The fraction of sp³-hybridized carbons (Fsp3) is 0.176. The number of furan rings is 1. The number of hydrogen-bond acceptors (Lipinski definition) is 2. The summed E-state index contributed by atoms with van der Waals surface area (Å²) in [5, 5.41) is 4.55. The van der Waals surface area contributed by atoms with Crippen LogP contribution in [0.4, 0.5) is 0 Å². The predicted octanol–water partition coefficient (Wildman–Crippen LogP) is 4.05. The summed E-state index contributed by atoms with van der Waals surface area (Å²) in [4.78, 5) is 0. The Hall–Kier alpha value is -2.06. The third-order valence-corrected chi connectivity index (χ3v) is 3.49. The highest BCUT2D eigenvalue weighted by Gasteiger charge is 2.17. The van der Waals surface area contributed by atoms with Crippen molar-refractivity contribution in [3.8, 4) is 0 Å². The van der Waals surface area contributed by atoms with Gasteiger partial charge < -0.3 is 9.73 Å². The van der Waals surface area contributed by atoms with E-state index in [1.165, 1.54) is 22.1 Å². The minimum atomic E-state index is 0.156. The molecule has 0 fully saturated rings. The van der Waals surface area contributed by atoms with Gasteiger partial charge in [-0.3, -0.25) is 0 Å². The molecule has 1 heterocycles. The second-order valence-electron chi connectivity index (χ2n) is 4.82. The lowest BCUT2D eigenvalue weighted by Crippen LogP contribution is -2.17. The molecule has 1 aromatic heterocycles. The fourth-order valence-electron chi connectivity index (χ4n) is 2.57. The normalized spacial score (nSPS) is 12.7. The highest BCUT2D eigenvalue weighted by atomic mass is 16.3. The lowest BCUT2D eigenvalue weighted by atomic mass is 9.97. The first-order valence-corrected chi connectivity index (χ1v) is 6.49. The summed E-state index contributed by atoms with van der Waals surface area (Å²) in [6.07, 6.45) is 1.86. The lowest BCUT2D eigenvalue weighted by Gasteiger charge is -2.16. The van der Waals surface area contributed by atoms with Crippen molar-refractivity contribution in [2.24, 2.45) is 0 Å². The third kappa shape index (κ3) is 2.15. The second-order valence-corrected chi connectivity index (χ2v) is 4.82. The van der Waals surface area contributed by atoms with Gasteiger partial charge in [0.15, 0.2) is 0 Å². The van der Waals surface area contributed by atoms with Gasteiger partial charge in [0.25, 0.3) is 0 Å². The molecule has 3 aromatic rings. The Morgan fingerprint density at radius 2 is 1.89 bits per heavy atom. The van der Waals surface area contributed by atoms with Crippen LogP contribution < -0.4 is 5.32 Å². The zero-order valence-electron chi connectivity index (χ0n) is 11.2. The molecule has 0 radical (unpaired) electrons. The molecular formula is C17H17NO. The minimum Gasteiger partial charge on any atom is -0.464 e. The molecule has 0 spiro atoms. The Bertz CT molecular complexity index is 699. The van der Waals surface area contributed by atoms with Crippen LogP contribution in [0, 0.1) is 6.92 Å². The number of fused-ring (bicyclic) bond motifs is 1. The van der Waals surface area contributed by atoms with Crippen LogP contribution in [0.15, 0.2) is 59.2 Å². The van der Waals surface area contributed by atoms with E-state index in [1.54, 1.807) is 0 Å². The van der Waals surface area contributed by atoms with Crippen LogP contribution in [0.1, 0.15) is 22.7 Å². The molecule has 3 rings (SSSR count). The summed E-state index contributed by atoms with van der Waals surface area (Å²) in [6.45, 7) is 2.11. The average Bonchev–Trinajstić information content (AvgIpc) is 2.84. The van der Waals surface area contributed by atoms with Gasteiger partial charge in [-0.2, -0.15) is 0 Å². The first kappa shape index (κ1) is 12.0. The standard InChI is InChI=1S/C17H17NO/c1-12-6-5-7-13(10-12)17(18-2)15-11-19-16-9-4-3-8-14(15)16/h3-11,17-18H,1-2H3. The summed E-state index contributed by atoms with van der Waals surface area (Å²) >= 11 is 0. The third-order valence-electron chi connectivity index (χ3n) is 3.49. The van der Waals surface area contributed by atoms with Crippen molar-refractivity contribution < 1.29 is 4.42 Å². The van der Waals surface area contributed by atoms with E-state index >= 15 is 0 Å². The molecule has 0 aliphatic heterocycles. The fourth-order valence-corrected chi connectivity index (χ4v) is 2.57. The Labute approximate surface area is 113 Å². The molecule has 0 aliphatic rings. The zero-order chi connectivity index (χ0) is 13.2. The van der Waals surface area contributed by atoms with Crippen molar-refractivity contribution in [2.75, 3.05) is 7.05 Å². The highest BCUT2D eigenvalue weighted by Crippen LogP contribution is 2.30. The monoisotopic (exact) mass is 251 g/mol. The number of nitrogens with one attached hydrogen (secondary N) is 1. The molecule has 0 saturated carbocycles. The van der Waals surface area contributed by atoms with Crippen molar-refractivity contribution in [2.45, 2.75) is 13.0 Å². The van der Waals surface area contributed by atoms with E-state index in [4.69, 9.17) is 4.42 Å². The summed E-state index contributed by atoms with van der Waals surface area (Å²) in [5.41, 5.74) is 4.65. The van der Waals surface area contributed by atoms with Gasteiger partial charge in [-0.05, 0) is 25.6 Å². The molecule has 1 unspecified atom stereocenters. The number of para-hydroxylation sites is 1. The SMILES string of the molecule is CNC(c1cccc(C)c1)c1coc2ccccc12. The Kier molecular flexibility index (Phi) is 3.10. The van der Waals surface area contributed by atoms with Crippen LogP contribution in [0.3, 0.4) is 0 Å². The summed E-state index contributed by atoms with van der Waals surface area (Å²) in [5.74, 6) is 0. The zero-order valence-corrected chi connectivity index (χ0v) is 11.2.